The van der Waals surface area contributed by atoms with E-state index < -0.39 is 43.4 Å². The Kier molecular flexibility index (Phi) is 4.63. The van der Waals surface area contributed by atoms with Crippen molar-refractivity contribution in [3.63, 3.8) is 0 Å². The van der Waals surface area contributed by atoms with Crippen molar-refractivity contribution in [1.29, 1.82) is 0 Å². The van der Waals surface area contributed by atoms with Crippen LogP contribution in [0, 0.1) is 5.41 Å². The van der Waals surface area contributed by atoms with Crippen LogP contribution in [-0.2, 0) is 0 Å². The summed E-state index contributed by atoms with van der Waals surface area (Å²) in [6.07, 6.45) is -9.49. The minimum Gasteiger partial charge on any atom is -0.396 e. The molecule has 16 heavy (non-hydrogen) atoms. The summed E-state index contributed by atoms with van der Waals surface area (Å²) in [6.45, 7) is -4.27. The molecule has 0 aromatic rings. The van der Waals surface area contributed by atoms with Gasteiger partial charge in [0, 0.05) is 0 Å². The molecule has 4 N–H and O–H groups in total. The number of rotatable bonds is 5. The van der Waals surface area contributed by atoms with E-state index in [0.29, 0.717) is 0 Å². The van der Waals surface area contributed by atoms with Crippen LogP contribution in [0.3, 0.4) is 0 Å². The molecule has 0 amide bonds. The average Bonchev–Trinajstić information content (AvgIpc) is 2.19. The first-order valence-corrected chi connectivity index (χ1v) is 4.04. The van der Waals surface area contributed by atoms with Gasteiger partial charge in [0.2, 0.25) is 0 Å². The zero-order valence-electron chi connectivity index (χ0n) is 7.88. The number of alkyl halides is 5. The zero-order chi connectivity index (χ0) is 13.2. The number of hydrogen-bond donors (Lipinski definition) is 4. The minimum atomic E-state index is -6.04. The molecule has 0 aliphatic carbocycles. The van der Waals surface area contributed by atoms with E-state index in [1.165, 1.54) is 0 Å². The standard InChI is InChI=1S/C7H11F5O4/c8-6(9,7(10,11)12)4(16)5(1-13,2-14)3-15/h4,13-16H,1-3H2. The van der Waals surface area contributed by atoms with Gasteiger partial charge in [-0.3, -0.25) is 0 Å². The van der Waals surface area contributed by atoms with Crippen molar-refractivity contribution in [3.05, 3.63) is 0 Å². The van der Waals surface area contributed by atoms with Crippen molar-refractivity contribution in [2.75, 3.05) is 19.8 Å². The van der Waals surface area contributed by atoms with Gasteiger partial charge in [-0.05, 0) is 0 Å². The second-order valence-corrected chi connectivity index (χ2v) is 3.36. The molecular formula is C7H11F5O4. The molecule has 98 valence electrons. The Morgan fingerprint density at radius 1 is 0.812 bits per heavy atom. The lowest BCUT2D eigenvalue weighted by Crippen LogP contribution is -2.59. The van der Waals surface area contributed by atoms with Gasteiger partial charge in [-0.1, -0.05) is 0 Å². The van der Waals surface area contributed by atoms with Crippen LogP contribution in [0.1, 0.15) is 0 Å². The molecule has 0 bridgehead atoms. The number of aliphatic hydroxyl groups is 4. The van der Waals surface area contributed by atoms with Crippen molar-refractivity contribution < 1.29 is 42.4 Å². The summed E-state index contributed by atoms with van der Waals surface area (Å²) in [4.78, 5) is 0. The lowest BCUT2D eigenvalue weighted by molar-refractivity contribution is -0.334. The third kappa shape index (κ3) is 2.42. The van der Waals surface area contributed by atoms with E-state index in [1.807, 2.05) is 0 Å². The first-order chi connectivity index (χ1) is 7.09. The Labute approximate surface area is 86.9 Å². The quantitative estimate of drug-likeness (QED) is 0.499. The predicted octanol–water partition coefficient (Wildman–Crippen LogP) is -0.492. The average molecular weight is 254 g/mol. The van der Waals surface area contributed by atoms with E-state index in [-0.39, 0.29) is 0 Å². The van der Waals surface area contributed by atoms with Crippen molar-refractivity contribution in [2.24, 2.45) is 5.41 Å². The summed E-state index contributed by atoms with van der Waals surface area (Å²) >= 11 is 0. The van der Waals surface area contributed by atoms with E-state index in [0.717, 1.165) is 0 Å². The van der Waals surface area contributed by atoms with Gasteiger partial charge in [0.1, 0.15) is 6.10 Å². The van der Waals surface area contributed by atoms with Crippen molar-refractivity contribution in [1.82, 2.24) is 0 Å². The maximum atomic E-state index is 12.7. The van der Waals surface area contributed by atoms with Gasteiger partial charge in [0.05, 0.1) is 25.2 Å². The van der Waals surface area contributed by atoms with E-state index in [2.05, 4.69) is 0 Å². The van der Waals surface area contributed by atoms with Gasteiger partial charge in [0.25, 0.3) is 0 Å². The minimum absolute atomic E-state index is 1.42. The van der Waals surface area contributed by atoms with Gasteiger partial charge >= 0.3 is 12.1 Å². The van der Waals surface area contributed by atoms with Crippen LogP contribution < -0.4 is 0 Å². The molecule has 1 atom stereocenters. The molecule has 0 aliphatic rings. The molecule has 0 rings (SSSR count). The van der Waals surface area contributed by atoms with Crippen molar-refractivity contribution in [3.8, 4) is 0 Å². The molecule has 4 nitrogen and oxygen atoms in total. The lowest BCUT2D eigenvalue weighted by atomic mass is 9.81. The Balaban J connectivity index is 5.23. The highest BCUT2D eigenvalue weighted by atomic mass is 19.4. The van der Waals surface area contributed by atoms with E-state index in [9.17, 15) is 22.0 Å². The predicted molar refractivity (Wildman–Crippen MR) is 40.7 cm³/mol. The Morgan fingerprint density at radius 2 is 1.12 bits per heavy atom. The smallest absolute Gasteiger partial charge is 0.396 e. The molecule has 0 radical (unpaired) electrons. The third-order valence-corrected chi connectivity index (χ3v) is 2.25. The molecule has 0 saturated carbocycles. The van der Waals surface area contributed by atoms with E-state index in [1.54, 1.807) is 0 Å². The summed E-state index contributed by atoms with van der Waals surface area (Å²) in [6, 6.07) is 0. The van der Waals surface area contributed by atoms with Gasteiger partial charge in [0.15, 0.2) is 0 Å². The first kappa shape index (κ1) is 15.5. The fraction of sp³-hybridized carbons (Fsp3) is 1.00. The largest absolute Gasteiger partial charge is 0.456 e. The molecule has 1 unspecified atom stereocenters. The SMILES string of the molecule is OCC(CO)(CO)C(O)C(F)(F)C(F)(F)F. The Morgan fingerprint density at radius 3 is 1.31 bits per heavy atom. The summed E-state index contributed by atoms with van der Waals surface area (Å²) in [5, 5.41) is 34.7. The maximum absolute atomic E-state index is 12.7. The normalized spacial score (nSPS) is 16.3. The summed E-state index contributed by atoms with van der Waals surface area (Å²) in [5.74, 6) is -5.54. The molecule has 0 aromatic heterocycles. The highest BCUT2D eigenvalue weighted by Crippen LogP contribution is 2.43. The monoisotopic (exact) mass is 254 g/mol. The topological polar surface area (TPSA) is 80.9 Å². The van der Waals surface area contributed by atoms with Gasteiger partial charge in [-0.2, -0.15) is 22.0 Å². The van der Waals surface area contributed by atoms with Crippen LogP contribution in [-0.4, -0.2) is 58.4 Å². The lowest BCUT2D eigenvalue weighted by Gasteiger charge is -2.37. The van der Waals surface area contributed by atoms with Crippen LogP contribution in [0.15, 0.2) is 0 Å². The second kappa shape index (κ2) is 4.78. The summed E-state index contributed by atoms with van der Waals surface area (Å²) in [7, 11) is 0. The van der Waals surface area contributed by atoms with Gasteiger partial charge < -0.3 is 20.4 Å². The van der Waals surface area contributed by atoms with Crippen molar-refractivity contribution in [2.45, 2.75) is 18.2 Å². The molecule has 0 aromatic carbocycles. The van der Waals surface area contributed by atoms with Gasteiger partial charge in [-0.25, -0.2) is 0 Å². The molecule has 0 aliphatic heterocycles. The summed E-state index contributed by atoms with van der Waals surface area (Å²) < 4.78 is 60.9. The fourth-order valence-electron chi connectivity index (χ4n) is 0.949. The first-order valence-electron chi connectivity index (χ1n) is 4.04. The highest BCUT2D eigenvalue weighted by molar-refractivity contribution is 4.97. The van der Waals surface area contributed by atoms with Crippen molar-refractivity contribution >= 4 is 0 Å². The molecule has 0 heterocycles. The summed E-state index contributed by atoms with van der Waals surface area (Å²) in [5.41, 5.74) is -2.72. The molecule has 0 spiro atoms. The highest BCUT2D eigenvalue weighted by Gasteiger charge is 2.67. The van der Waals surface area contributed by atoms with Crippen LogP contribution in [0.5, 0.6) is 0 Å². The third-order valence-electron chi connectivity index (χ3n) is 2.25. The second-order valence-electron chi connectivity index (χ2n) is 3.36. The Bertz CT molecular complexity index is 215. The molecule has 0 saturated heterocycles. The maximum Gasteiger partial charge on any atom is 0.456 e. The Hall–Kier alpha value is -0.510. The van der Waals surface area contributed by atoms with E-state index >= 15 is 0 Å². The van der Waals surface area contributed by atoms with Gasteiger partial charge in [-0.15, -0.1) is 0 Å². The van der Waals surface area contributed by atoms with Crippen LogP contribution in [0.4, 0.5) is 22.0 Å². The number of aliphatic hydroxyl groups excluding tert-OH is 4. The van der Waals surface area contributed by atoms with Crippen LogP contribution in [0.2, 0.25) is 0 Å². The molecule has 9 heteroatoms. The number of halogens is 5. The molecular weight excluding hydrogens is 243 g/mol. The van der Waals surface area contributed by atoms with Crippen LogP contribution in [0.25, 0.3) is 0 Å². The zero-order valence-corrected chi connectivity index (χ0v) is 7.88. The van der Waals surface area contributed by atoms with Crippen LogP contribution >= 0.6 is 0 Å². The fourth-order valence-corrected chi connectivity index (χ4v) is 0.949. The van der Waals surface area contributed by atoms with E-state index in [4.69, 9.17) is 20.4 Å². The molecule has 0 fully saturated rings. The number of hydrogen-bond acceptors (Lipinski definition) is 4.